The monoisotopic (exact) mass is 639 g/mol. The molecule has 0 amide bonds. The first-order chi connectivity index (χ1) is 24.8. The van der Waals surface area contributed by atoms with Crippen LogP contribution in [0.5, 0.6) is 0 Å². The van der Waals surface area contributed by atoms with Crippen LogP contribution in [0.2, 0.25) is 0 Å². The molecule has 9 aromatic rings. The summed E-state index contributed by atoms with van der Waals surface area (Å²) >= 11 is 0. The van der Waals surface area contributed by atoms with E-state index in [1.165, 1.54) is 32.6 Å². The van der Waals surface area contributed by atoms with Crippen LogP contribution >= 0.6 is 0 Å². The van der Waals surface area contributed by atoms with Crippen LogP contribution in [0.4, 0.5) is 5.69 Å². The van der Waals surface area contributed by atoms with Crippen molar-refractivity contribution in [2.45, 2.75) is 6.17 Å². The molecular weight excluding hydrogens is 611 g/mol. The van der Waals surface area contributed by atoms with E-state index in [0.717, 1.165) is 50.5 Å². The highest BCUT2D eigenvalue weighted by atomic mass is 15.1. The normalized spacial score (nSPS) is 14.1. The summed E-state index contributed by atoms with van der Waals surface area (Å²) in [5, 5.41) is 18.5. The van der Waals surface area contributed by atoms with E-state index in [4.69, 9.17) is 4.99 Å². The van der Waals surface area contributed by atoms with Crippen LogP contribution in [0.25, 0.3) is 55.0 Å². The van der Waals surface area contributed by atoms with Gasteiger partial charge >= 0.3 is 0 Å². The predicted molar refractivity (Wildman–Crippen MR) is 205 cm³/mol. The lowest BCUT2D eigenvalue weighted by molar-refractivity contribution is 0.828. The van der Waals surface area contributed by atoms with Gasteiger partial charge in [-0.1, -0.05) is 103 Å². The summed E-state index contributed by atoms with van der Waals surface area (Å²) in [6.07, 6.45) is -0.261. The maximum Gasteiger partial charge on any atom is 0.145 e. The summed E-state index contributed by atoms with van der Waals surface area (Å²) in [6, 6.07) is 59.7. The second-order valence-electron chi connectivity index (χ2n) is 12.7. The molecule has 1 aliphatic heterocycles. The number of nitriles is 1. The summed E-state index contributed by atoms with van der Waals surface area (Å²) in [7, 11) is 0. The summed E-state index contributed by atoms with van der Waals surface area (Å²) < 4.78 is 4.74. The number of hydrogen-bond donors (Lipinski definition) is 1. The maximum atomic E-state index is 10.1. The second kappa shape index (κ2) is 11.1. The van der Waals surface area contributed by atoms with E-state index in [2.05, 4.69) is 148 Å². The van der Waals surface area contributed by atoms with Gasteiger partial charge in [-0.15, -0.1) is 0 Å². The minimum Gasteiger partial charge on any atom is -0.359 e. The minimum atomic E-state index is -0.261. The van der Waals surface area contributed by atoms with E-state index in [0.29, 0.717) is 5.56 Å². The largest absolute Gasteiger partial charge is 0.359 e. The smallest absolute Gasteiger partial charge is 0.145 e. The van der Waals surface area contributed by atoms with Crippen molar-refractivity contribution in [3.63, 3.8) is 0 Å². The third kappa shape index (κ3) is 4.22. The molecule has 234 valence electrons. The van der Waals surface area contributed by atoms with E-state index < -0.39 is 0 Å². The number of anilines is 1. The molecule has 5 nitrogen and oxygen atoms in total. The Morgan fingerprint density at radius 1 is 0.520 bits per heavy atom. The predicted octanol–water partition coefficient (Wildman–Crippen LogP) is 10.7. The van der Waals surface area contributed by atoms with Gasteiger partial charge in [0.25, 0.3) is 0 Å². The molecule has 5 heteroatoms. The number of rotatable bonds is 4. The van der Waals surface area contributed by atoms with Crippen LogP contribution in [0.1, 0.15) is 28.4 Å². The van der Waals surface area contributed by atoms with Crippen molar-refractivity contribution in [3.8, 4) is 17.4 Å². The molecule has 7 aromatic carbocycles. The molecule has 1 unspecified atom stereocenters. The molecule has 50 heavy (non-hydrogen) atoms. The SMILES string of the molecule is N#Cc1cccc2c1C(c1ccc(-n3c4ccccc4c4cc5c6ccccc6n(-c6ccccc6)c5cc43)cc1)=NC(c1ccccc1)N2. The molecule has 0 aliphatic carbocycles. The Bertz CT molecular complexity index is 2840. The van der Waals surface area contributed by atoms with Crippen molar-refractivity contribution < 1.29 is 0 Å². The van der Waals surface area contributed by atoms with Crippen molar-refractivity contribution in [3.05, 3.63) is 186 Å². The van der Waals surface area contributed by atoms with E-state index in [1.807, 2.05) is 36.4 Å². The molecule has 0 radical (unpaired) electrons. The zero-order chi connectivity index (χ0) is 33.2. The van der Waals surface area contributed by atoms with Gasteiger partial charge in [0.15, 0.2) is 0 Å². The standard InChI is InChI=1S/C45H29N5/c46-28-31-14-11-19-38-43(31)44(48-45(47-38)30-12-3-1-4-13-30)29-22-24-33(25-23-29)50-40-21-10-8-18-35(40)37-26-36-34-17-7-9-20-39(34)49(41(36)27-42(37)50)32-15-5-2-6-16-32/h1-27,45,47H. The molecule has 0 bridgehead atoms. The number of aromatic nitrogens is 2. The number of nitrogens with zero attached hydrogens (tertiary/aromatic N) is 4. The molecule has 0 fully saturated rings. The first-order valence-electron chi connectivity index (χ1n) is 16.8. The first-order valence-corrected chi connectivity index (χ1v) is 16.8. The van der Waals surface area contributed by atoms with Crippen LogP contribution in [-0.2, 0) is 0 Å². The Hall–Kier alpha value is -6.90. The van der Waals surface area contributed by atoms with Crippen molar-refractivity contribution in [1.29, 1.82) is 5.26 Å². The lowest BCUT2D eigenvalue weighted by Crippen LogP contribution is -2.21. The summed E-state index contributed by atoms with van der Waals surface area (Å²) in [5.74, 6) is 0. The Morgan fingerprint density at radius 3 is 1.74 bits per heavy atom. The zero-order valence-electron chi connectivity index (χ0n) is 27.0. The van der Waals surface area contributed by atoms with Crippen molar-refractivity contribution in [1.82, 2.24) is 9.13 Å². The molecular formula is C45H29N5. The zero-order valence-corrected chi connectivity index (χ0v) is 27.0. The second-order valence-corrected chi connectivity index (χ2v) is 12.7. The van der Waals surface area contributed by atoms with Crippen LogP contribution in [0.15, 0.2) is 169 Å². The third-order valence-corrected chi connectivity index (χ3v) is 9.97. The highest BCUT2D eigenvalue weighted by Gasteiger charge is 2.25. The van der Waals surface area contributed by atoms with Crippen molar-refractivity contribution in [2.75, 3.05) is 5.32 Å². The quantitative estimate of drug-likeness (QED) is 0.208. The van der Waals surface area contributed by atoms with Gasteiger partial charge in [-0.2, -0.15) is 5.26 Å². The van der Waals surface area contributed by atoms with Gasteiger partial charge in [0.1, 0.15) is 6.17 Å². The van der Waals surface area contributed by atoms with Crippen LogP contribution in [-0.4, -0.2) is 14.8 Å². The van der Waals surface area contributed by atoms with Gasteiger partial charge in [-0.3, -0.25) is 4.99 Å². The van der Waals surface area contributed by atoms with Gasteiger partial charge < -0.3 is 14.5 Å². The van der Waals surface area contributed by atoms with Gasteiger partial charge in [0, 0.05) is 49.7 Å². The fraction of sp³-hybridized carbons (Fsp3) is 0.0222. The van der Waals surface area contributed by atoms with Crippen LogP contribution in [0, 0.1) is 11.3 Å². The summed E-state index contributed by atoms with van der Waals surface area (Å²) in [4.78, 5) is 5.20. The van der Waals surface area contributed by atoms with E-state index in [-0.39, 0.29) is 6.17 Å². The minimum absolute atomic E-state index is 0.261. The molecule has 0 spiro atoms. The Balaban J connectivity index is 1.18. The molecule has 1 aliphatic rings. The topological polar surface area (TPSA) is 58.0 Å². The Kier molecular flexibility index (Phi) is 6.24. The van der Waals surface area contributed by atoms with Crippen molar-refractivity contribution in [2.24, 2.45) is 4.99 Å². The molecule has 3 heterocycles. The molecule has 0 saturated carbocycles. The lowest BCUT2D eigenvalue weighted by Gasteiger charge is -2.27. The fourth-order valence-electron chi connectivity index (χ4n) is 7.74. The van der Waals surface area contributed by atoms with E-state index in [1.54, 1.807) is 0 Å². The summed E-state index contributed by atoms with van der Waals surface area (Å²) in [5.41, 5.74) is 12.0. The average molecular weight is 640 g/mol. The maximum absolute atomic E-state index is 10.1. The van der Waals surface area contributed by atoms with E-state index in [9.17, 15) is 5.26 Å². The molecule has 0 saturated heterocycles. The van der Waals surface area contributed by atoms with Gasteiger partial charge in [-0.05, 0) is 66.2 Å². The molecule has 10 rings (SSSR count). The Morgan fingerprint density at radius 2 is 1.10 bits per heavy atom. The number of para-hydroxylation sites is 3. The van der Waals surface area contributed by atoms with Crippen LogP contribution < -0.4 is 5.32 Å². The van der Waals surface area contributed by atoms with Crippen LogP contribution in [0.3, 0.4) is 0 Å². The number of aliphatic imine (C=N–C) groups is 1. The number of hydrogen-bond acceptors (Lipinski definition) is 3. The first kappa shape index (κ1) is 28.1. The lowest BCUT2D eigenvalue weighted by atomic mass is 9.93. The van der Waals surface area contributed by atoms with Gasteiger partial charge in [0.2, 0.25) is 0 Å². The highest BCUT2D eigenvalue weighted by molar-refractivity contribution is 6.20. The number of benzene rings is 7. The summed E-state index contributed by atoms with van der Waals surface area (Å²) in [6.45, 7) is 0. The molecule has 1 N–H and O–H groups in total. The number of fused-ring (bicyclic) bond motifs is 7. The average Bonchev–Trinajstić information content (AvgIpc) is 3.69. The molecule has 1 atom stereocenters. The van der Waals surface area contributed by atoms with Crippen molar-refractivity contribution >= 4 is 55.0 Å². The third-order valence-electron chi connectivity index (χ3n) is 9.97. The van der Waals surface area contributed by atoms with E-state index >= 15 is 0 Å². The number of nitrogens with one attached hydrogen (secondary N) is 1. The van der Waals surface area contributed by atoms with Gasteiger partial charge in [-0.25, -0.2) is 0 Å². The molecule has 2 aromatic heterocycles. The van der Waals surface area contributed by atoms with Gasteiger partial charge in [0.05, 0.1) is 39.4 Å². The Labute approximate surface area is 288 Å². The highest BCUT2D eigenvalue weighted by Crippen LogP contribution is 2.40. The fourth-order valence-corrected chi connectivity index (χ4v) is 7.74.